The molecule has 0 bridgehead atoms. The van der Waals surface area contributed by atoms with Crippen molar-refractivity contribution in [1.82, 2.24) is 10.7 Å². The number of hydrazone groups is 1. The van der Waals surface area contributed by atoms with Crippen molar-refractivity contribution in [2.45, 2.75) is 19.8 Å². The molecule has 3 nitrogen and oxygen atoms in total. The zero-order chi connectivity index (χ0) is 9.97. The largest absolute Gasteiger partial charge is 0.362 e. The van der Waals surface area contributed by atoms with Gasteiger partial charge in [0.15, 0.2) is 5.11 Å². The Morgan fingerprint density at radius 1 is 1.71 bits per heavy atom. The lowest BCUT2D eigenvalue weighted by Crippen LogP contribution is -2.38. The molecule has 2 N–H and O–H groups in total. The van der Waals surface area contributed by atoms with Gasteiger partial charge in [-0.3, -0.25) is 5.43 Å². The third-order valence-corrected chi connectivity index (χ3v) is 3.02. The summed E-state index contributed by atoms with van der Waals surface area (Å²) in [4.78, 5) is 0. The van der Waals surface area contributed by atoms with E-state index in [2.05, 4.69) is 28.0 Å². The fourth-order valence-corrected chi connectivity index (χ4v) is 2.17. The molecule has 0 radical (unpaired) electrons. The molecule has 0 heterocycles. The van der Waals surface area contributed by atoms with Crippen LogP contribution in [0.4, 0.5) is 0 Å². The summed E-state index contributed by atoms with van der Waals surface area (Å²) in [5, 5.41) is 7.92. The van der Waals surface area contributed by atoms with E-state index in [1.165, 1.54) is 12.1 Å². The Balaban J connectivity index is 1.82. The van der Waals surface area contributed by atoms with Crippen molar-refractivity contribution in [1.29, 1.82) is 0 Å². The number of allylic oxidation sites excluding steroid dienone is 2. The van der Waals surface area contributed by atoms with Crippen LogP contribution in [0.1, 0.15) is 19.8 Å². The number of hydrogen-bond donors (Lipinski definition) is 2. The summed E-state index contributed by atoms with van der Waals surface area (Å²) in [7, 11) is 0. The lowest BCUT2D eigenvalue weighted by atomic mass is 9.74. The quantitative estimate of drug-likeness (QED) is 0.410. The van der Waals surface area contributed by atoms with Gasteiger partial charge in [0.25, 0.3) is 0 Å². The topological polar surface area (TPSA) is 36.4 Å². The van der Waals surface area contributed by atoms with Crippen LogP contribution < -0.4 is 10.7 Å². The maximum Gasteiger partial charge on any atom is 0.186 e. The average Bonchev–Trinajstić information content (AvgIpc) is 2.48. The lowest BCUT2D eigenvalue weighted by Gasteiger charge is -2.31. The number of nitrogens with zero attached hydrogens (tertiary/aromatic N) is 1. The van der Waals surface area contributed by atoms with Crippen LogP contribution in [0.5, 0.6) is 0 Å². The van der Waals surface area contributed by atoms with Crippen molar-refractivity contribution in [3.8, 4) is 0 Å². The van der Waals surface area contributed by atoms with Gasteiger partial charge >= 0.3 is 0 Å². The molecule has 1 fully saturated rings. The first-order valence-corrected chi connectivity index (χ1v) is 5.49. The number of fused-ring (bicyclic) bond motifs is 1. The van der Waals surface area contributed by atoms with Gasteiger partial charge in [-0.1, -0.05) is 12.2 Å². The summed E-state index contributed by atoms with van der Waals surface area (Å²) in [6.07, 6.45) is 6.85. The SMILES string of the molecule is CCNC(=S)N/N=C1/C[C@H]2CC=C[C@@H]12. The summed E-state index contributed by atoms with van der Waals surface area (Å²) in [5.41, 5.74) is 4.11. The minimum Gasteiger partial charge on any atom is -0.362 e. The minimum atomic E-state index is 0.590. The molecule has 0 amide bonds. The molecule has 2 atom stereocenters. The Labute approximate surface area is 89.6 Å². The molecular weight excluding hydrogens is 194 g/mol. The Hall–Kier alpha value is -0.900. The highest BCUT2D eigenvalue weighted by Crippen LogP contribution is 2.39. The van der Waals surface area contributed by atoms with Gasteiger partial charge in [0.2, 0.25) is 0 Å². The second-order valence-corrected chi connectivity index (χ2v) is 4.14. The van der Waals surface area contributed by atoms with Gasteiger partial charge in [-0.15, -0.1) is 0 Å². The number of hydrogen-bond acceptors (Lipinski definition) is 2. The van der Waals surface area contributed by atoms with E-state index in [0.29, 0.717) is 11.0 Å². The summed E-state index contributed by atoms with van der Waals surface area (Å²) in [6, 6.07) is 0. The van der Waals surface area contributed by atoms with E-state index in [4.69, 9.17) is 12.2 Å². The van der Waals surface area contributed by atoms with Crippen molar-refractivity contribution in [2.24, 2.45) is 16.9 Å². The number of nitrogens with one attached hydrogen (secondary N) is 2. The van der Waals surface area contributed by atoms with E-state index in [-0.39, 0.29) is 0 Å². The van der Waals surface area contributed by atoms with Gasteiger partial charge in [0, 0.05) is 18.2 Å². The van der Waals surface area contributed by atoms with E-state index in [0.717, 1.165) is 18.9 Å². The molecule has 76 valence electrons. The zero-order valence-corrected chi connectivity index (χ0v) is 9.10. The molecule has 14 heavy (non-hydrogen) atoms. The maximum absolute atomic E-state index is 5.02. The number of thiocarbonyl (C=S) groups is 1. The van der Waals surface area contributed by atoms with Gasteiger partial charge in [-0.25, -0.2) is 0 Å². The molecule has 0 saturated heterocycles. The Morgan fingerprint density at radius 3 is 3.29 bits per heavy atom. The highest BCUT2D eigenvalue weighted by molar-refractivity contribution is 7.80. The van der Waals surface area contributed by atoms with Crippen LogP contribution in [0.2, 0.25) is 0 Å². The molecule has 2 rings (SSSR count). The fourth-order valence-electron chi connectivity index (χ4n) is 1.98. The third kappa shape index (κ3) is 1.80. The first kappa shape index (κ1) is 9.65. The first-order chi connectivity index (χ1) is 6.81. The van der Waals surface area contributed by atoms with Gasteiger partial charge in [0.05, 0.1) is 0 Å². The highest BCUT2D eigenvalue weighted by atomic mass is 32.1. The van der Waals surface area contributed by atoms with Gasteiger partial charge < -0.3 is 5.32 Å². The van der Waals surface area contributed by atoms with Crippen molar-refractivity contribution in [2.75, 3.05) is 6.54 Å². The molecule has 0 aromatic rings. The van der Waals surface area contributed by atoms with Crippen LogP contribution in [-0.4, -0.2) is 17.4 Å². The van der Waals surface area contributed by atoms with Crippen molar-refractivity contribution >= 4 is 23.0 Å². The van der Waals surface area contributed by atoms with Crippen LogP contribution in [0.3, 0.4) is 0 Å². The second-order valence-electron chi connectivity index (χ2n) is 3.73. The lowest BCUT2D eigenvalue weighted by molar-refractivity contribution is 0.444. The number of rotatable bonds is 2. The van der Waals surface area contributed by atoms with E-state index in [1.54, 1.807) is 0 Å². The molecule has 4 heteroatoms. The van der Waals surface area contributed by atoms with E-state index in [1.807, 2.05) is 6.92 Å². The van der Waals surface area contributed by atoms with Crippen LogP contribution in [0.15, 0.2) is 17.3 Å². The molecular formula is C10H15N3S. The monoisotopic (exact) mass is 209 g/mol. The smallest absolute Gasteiger partial charge is 0.186 e. The van der Waals surface area contributed by atoms with Gasteiger partial charge in [-0.05, 0) is 37.9 Å². The molecule has 2 aliphatic carbocycles. The van der Waals surface area contributed by atoms with Crippen molar-refractivity contribution in [3.63, 3.8) is 0 Å². The summed E-state index contributed by atoms with van der Waals surface area (Å²) in [5.74, 6) is 1.41. The van der Waals surface area contributed by atoms with Crippen LogP contribution in [-0.2, 0) is 0 Å². The van der Waals surface area contributed by atoms with Gasteiger partial charge in [0.1, 0.15) is 0 Å². The van der Waals surface area contributed by atoms with Crippen LogP contribution >= 0.6 is 12.2 Å². The van der Waals surface area contributed by atoms with Crippen LogP contribution in [0, 0.1) is 11.8 Å². The van der Waals surface area contributed by atoms with Crippen LogP contribution in [0.25, 0.3) is 0 Å². The summed E-state index contributed by atoms with van der Waals surface area (Å²) in [6.45, 7) is 2.85. The van der Waals surface area contributed by atoms with E-state index >= 15 is 0 Å². The average molecular weight is 209 g/mol. The fraction of sp³-hybridized carbons (Fsp3) is 0.600. The highest BCUT2D eigenvalue weighted by Gasteiger charge is 2.37. The second kappa shape index (κ2) is 4.09. The minimum absolute atomic E-state index is 0.590. The summed E-state index contributed by atoms with van der Waals surface area (Å²) < 4.78 is 0. The summed E-state index contributed by atoms with van der Waals surface area (Å²) >= 11 is 5.02. The molecule has 0 aromatic heterocycles. The molecule has 2 aliphatic rings. The predicted octanol–water partition coefficient (Wildman–Crippen LogP) is 1.42. The van der Waals surface area contributed by atoms with E-state index in [9.17, 15) is 0 Å². The van der Waals surface area contributed by atoms with Gasteiger partial charge in [-0.2, -0.15) is 5.10 Å². The molecule has 0 aliphatic heterocycles. The molecule has 0 spiro atoms. The predicted molar refractivity (Wildman–Crippen MR) is 62.2 cm³/mol. The Bertz CT molecular complexity index is 296. The zero-order valence-electron chi connectivity index (χ0n) is 8.29. The first-order valence-electron chi connectivity index (χ1n) is 5.08. The van der Waals surface area contributed by atoms with Crippen molar-refractivity contribution < 1.29 is 0 Å². The standard InChI is InChI=1S/C10H15N3S/c1-2-11-10(14)13-12-9-6-7-4-3-5-8(7)9/h3,5,7-8H,2,4,6H2,1H3,(H2,11,13,14)/b12-9-/t7-,8-/m1/s1. The normalized spacial score (nSPS) is 31.1. The molecule has 0 unspecified atom stereocenters. The Kier molecular flexibility index (Phi) is 2.82. The van der Waals surface area contributed by atoms with E-state index < -0.39 is 0 Å². The van der Waals surface area contributed by atoms with Crippen molar-refractivity contribution in [3.05, 3.63) is 12.2 Å². The Morgan fingerprint density at radius 2 is 2.57 bits per heavy atom. The maximum atomic E-state index is 5.02. The third-order valence-electron chi connectivity index (χ3n) is 2.78. The molecule has 1 saturated carbocycles. The molecule has 0 aromatic carbocycles.